The van der Waals surface area contributed by atoms with Crippen molar-refractivity contribution in [3.05, 3.63) is 0 Å². The predicted molar refractivity (Wildman–Crippen MR) is 80.9 cm³/mol. The minimum Gasteiger partial charge on any atom is -0.368 e. The molecule has 1 aromatic rings. The highest BCUT2D eigenvalue weighted by atomic mass is 15.4. The highest BCUT2D eigenvalue weighted by Gasteiger charge is 2.20. The molecule has 1 atom stereocenters. The maximum atomic E-state index is 5.88. The summed E-state index contributed by atoms with van der Waals surface area (Å²) >= 11 is 0. The topological polar surface area (TPSA) is 71.2 Å². The van der Waals surface area contributed by atoms with E-state index in [1.54, 1.807) is 0 Å². The fraction of sp³-hybridized carbons (Fsp3) is 0.786. The first-order valence-electron chi connectivity index (χ1n) is 7.74. The fourth-order valence-corrected chi connectivity index (χ4v) is 3.03. The molecule has 20 heavy (non-hydrogen) atoms. The third-order valence-corrected chi connectivity index (χ3v) is 4.32. The predicted octanol–water partition coefficient (Wildman–Crippen LogP) is 1.68. The highest BCUT2D eigenvalue weighted by Crippen LogP contribution is 2.23. The summed E-state index contributed by atoms with van der Waals surface area (Å²) in [5.74, 6) is 2.64. The maximum absolute atomic E-state index is 5.88. The van der Waals surface area contributed by atoms with E-state index in [0.717, 1.165) is 44.0 Å². The number of nitrogen functional groups attached to an aromatic ring is 1. The van der Waals surface area contributed by atoms with E-state index in [0.29, 0.717) is 5.95 Å². The van der Waals surface area contributed by atoms with Crippen LogP contribution in [0.25, 0.3) is 0 Å². The molecule has 2 aliphatic rings. The minimum atomic E-state index is 0.342. The summed E-state index contributed by atoms with van der Waals surface area (Å²) in [7, 11) is 0. The molecule has 0 saturated carbocycles. The van der Waals surface area contributed by atoms with Gasteiger partial charge in [0.2, 0.25) is 17.8 Å². The number of rotatable bonds is 2. The monoisotopic (exact) mass is 276 g/mol. The van der Waals surface area contributed by atoms with Crippen LogP contribution in [-0.2, 0) is 0 Å². The molecule has 6 nitrogen and oxygen atoms in total. The van der Waals surface area contributed by atoms with E-state index in [4.69, 9.17) is 5.73 Å². The van der Waals surface area contributed by atoms with Crippen molar-refractivity contribution in [3.8, 4) is 0 Å². The maximum Gasteiger partial charge on any atom is 0.231 e. The van der Waals surface area contributed by atoms with Crippen molar-refractivity contribution in [2.45, 2.75) is 39.0 Å². The SMILES string of the molecule is CC1CCCN(c2nc(N)nc(N3CCCC3)n2)CC1. The van der Waals surface area contributed by atoms with Crippen LogP contribution in [-0.4, -0.2) is 41.1 Å². The van der Waals surface area contributed by atoms with Gasteiger partial charge >= 0.3 is 0 Å². The zero-order valence-electron chi connectivity index (χ0n) is 12.3. The number of anilines is 3. The van der Waals surface area contributed by atoms with E-state index in [9.17, 15) is 0 Å². The second kappa shape index (κ2) is 5.81. The summed E-state index contributed by atoms with van der Waals surface area (Å²) in [5, 5.41) is 0. The Morgan fingerprint density at radius 3 is 2.15 bits per heavy atom. The summed E-state index contributed by atoms with van der Waals surface area (Å²) in [6, 6.07) is 0. The van der Waals surface area contributed by atoms with Crippen LogP contribution in [0.2, 0.25) is 0 Å². The van der Waals surface area contributed by atoms with E-state index in [2.05, 4.69) is 31.7 Å². The van der Waals surface area contributed by atoms with Crippen LogP contribution in [0.4, 0.5) is 17.8 Å². The third-order valence-electron chi connectivity index (χ3n) is 4.32. The second-order valence-electron chi connectivity index (χ2n) is 6.01. The van der Waals surface area contributed by atoms with Gasteiger partial charge in [0.15, 0.2) is 0 Å². The molecule has 6 heteroatoms. The molecule has 2 aliphatic heterocycles. The highest BCUT2D eigenvalue weighted by molar-refractivity contribution is 5.44. The number of nitrogens with two attached hydrogens (primary N) is 1. The van der Waals surface area contributed by atoms with Gasteiger partial charge in [0.25, 0.3) is 0 Å². The van der Waals surface area contributed by atoms with Crippen molar-refractivity contribution in [2.24, 2.45) is 5.92 Å². The Morgan fingerprint density at radius 1 is 0.850 bits per heavy atom. The Kier molecular flexibility index (Phi) is 3.89. The third kappa shape index (κ3) is 2.94. The van der Waals surface area contributed by atoms with Gasteiger partial charge in [-0.25, -0.2) is 0 Å². The molecule has 3 heterocycles. The van der Waals surface area contributed by atoms with Crippen LogP contribution >= 0.6 is 0 Å². The van der Waals surface area contributed by atoms with E-state index in [1.807, 2.05) is 0 Å². The Morgan fingerprint density at radius 2 is 1.45 bits per heavy atom. The minimum absolute atomic E-state index is 0.342. The van der Waals surface area contributed by atoms with Crippen LogP contribution in [0.3, 0.4) is 0 Å². The van der Waals surface area contributed by atoms with Crippen molar-refractivity contribution < 1.29 is 0 Å². The van der Waals surface area contributed by atoms with Gasteiger partial charge in [-0.1, -0.05) is 6.92 Å². The molecule has 3 rings (SSSR count). The molecule has 0 bridgehead atoms. The van der Waals surface area contributed by atoms with E-state index < -0.39 is 0 Å². The lowest BCUT2D eigenvalue weighted by Crippen LogP contribution is -2.29. The first-order valence-corrected chi connectivity index (χ1v) is 7.74. The quantitative estimate of drug-likeness (QED) is 0.886. The van der Waals surface area contributed by atoms with Gasteiger partial charge < -0.3 is 15.5 Å². The lowest BCUT2D eigenvalue weighted by atomic mass is 10.0. The van der Waals surface area contributed by atoms with Crippen LogP contribution in [0.1, 0.15) is 39.0 Å². The molecule has 1 aromatic heterocycles. The number of aromatic nitrogens is 3. The fourth-order valence-electron chi connectivity index (χ4n) is 3.03. The van der Waals surface area contributed by atoms with Crippen LogP contribution < -0.4 is 15.5 Å². The Labute approximate surface area is 120 Å². The van der Waals surface area contributed by atoms with Gasteiger partial charge in [-0.3, -0.25) is 0 Å². The average molecular weight is 276 g/mol. The largest absolute Gasteiger partial charge is 0.368 e. The molecule has 2 fully saturated rings. The average Bonchev–Trinajstić information content (AvgIpc) is 2.88. The normalized spacial score (nSPS) is 23.9. The van der Waals surface area contributed by atoms with Crippen molar-refractivity contribution in [1.82, 2.24) is 15.0 Å². The Hall–Kier alpha value is -1.59. The molecule has 0 amide bonds. The first kappa shape index (κ1) is 13.4. The van der Waals surface area contributed by atoms with Crippen molar-refractivity contribution >= 4 is 17.8 Å². The molecule has 110 valence electrons. The lowest BCUT2D eigenvalue weighted by Gasteiger charge is -2.22. The molecule has 2 N–H and O–H groups in total. The molecule has 2 saturated heterocycles. The van der Waals surface area contributed by atoms with Gasteiger partial charge in [-0.15, -0.1) is 0 Å². The summed E-state index contributed by atoms with van der Waals surface area (Å²) in [6.07, 6.45) is 6.11. The van der Waals surface area contributed by atoms with Crippen molar-refractivity contribution in [1.29, 1.82) is 0 Å². The van der Waals surface area contributed by atoms with Gasteiger partial charge in [0.1, 0.15) is 0 Å². The van der Waals surface area contributed by atoms with E-state index in [1.165, 1.54) is 32.1 Å². The standard InChI is InChI=1S/C14H24N6/c1-11-5-4-9-20(10-6-11)14-17-12(15)16-13(18-14)19-7-2-3-8-19/h11H,2-10H2,1H3,(H2,15,16,17,18). The lowest BCUT2D eigenvalue weighted by molar-refractivity contribution is 0.521. The smallest absolute Gasteiger partial charge is 0.231 e. The zero-order valence-corrected chi connectivity index (χ0v) is 12.3. The zero-order chi connectivity index (χ0) is 13.9. The van der Waals surface area contributed by atoms with Gasteiger partial charge in [0, 0.05) is 26.2 Å². The number of hydrogen-bond acceptors (Lipinski definition) is 6. The molecular formula is C14H24N6. The van der Waals surface area contributed by atoms with Gasteiger partial charge in [-0.05, 0) is 38.0 Å². The first-order chi connectivity index (χ1) is 9.72. The van der Waals surface area contributed by atoms with Crippen molar-refractivity contribution in [3.63, 3.8) is 0 Å². The summed E-state index contributed by atoms with van der Waals surface area (Å²) < 4.78 is 0. The molecule has 1 unspecified atom stereocenters. The Bertz CT molecular complexity index is 457. The molecule has 0 radical (unpaired) electrons. The van der Waals surface area contributed by atoms with E-state index >= 15 is 0 Å². The number of hydrogen-bond donors (Lipinski definition) is 1. The van der Waals surface area contributed by atoms with Gasteiger partial charge in [0.05, 0.1) is 0 Å². The van der Waals surface area contributed by atoms with Gasteiger partial charge in [-0.2, -0.15) is 15.0 Å². The Balaban J connectivity index is 1.81. The van der Waals surface area contributed by atoms with E-state index in [-0.39, 0.29) is 0 Å². The summed E-state index contributed by atoms with van der Waals surface area (Å²) in [6.45, 7) is 6.41. The molecule has 0 spiro atoms. The summed E-state index contributed by atoms with van der Waals surface area (Å²) in [4.78, 5) is 17.8. The van der Waals surface area contributed by atoms with Crippen molar-refractivity contribution in [2.75, 3.05) is 41.7 Å². The molecular weight excluding hydrogens is 252 g/mol. The molecule has 0 aromatic carbocycles. The van der Waals surface area contributed by atoms with Crippen LogP contribution in [0.5, 0.6) is 0 Å². The van der Waals surface area contributed by atoms with Crippen LogP contribution in [0, 0.1) is 5.92 Å². The second-order valence-corrected chi connectivity index (χ2v) is 6.01. The summed E-state index contributed by atoms with van der Waals surface area (Å²) in [5.41, 5.74) is 5.88. The van der Waals surface area contributed by atoms with Crippen LogP contribution in [0.15, 0.2) is 0 Å². The number of nitrogens with zero attached hydrogens (tertiary/aromatic N) is 5. The molecule has 0 aliphatic carbocycles.